The van der Waals surface area contributed by atoms with Gasteiger partial charge in [0, 0.05) is 49.5 Å². The molecule has 1 heterocycles. The van der Waals surface area contributed by atoms with Crippen LogP contribution >= 0.6 is 11.6 Å². The smallest absolute Gasteiger partial charge is 0.248 e. The highest BCUT2D eigenvalue weighted by molar-refractivity contribution is 6.37. The van der Waals surface area contributed by atoms with Crippen molar-refractivity contribution in [3.8, 4) is 0 Å². The number of rotatable bonds is 7. The highest BCUT2D eigenvalue weighted by Gasteiger charge is 2.34. The lowest BCUT2D eigenvalue weighted by molar-refractivity contribution is -0.0464. The minimum absolute atomic E-state index is 0.0496. The molecular weight excluding hydrogens is 374 g/mol. The number of benzene rings is 1. The SMILES string of the molecule is NC[C@@H](O)Cn1cc(C(=O)CCC2CCC(F)(F)CC2)c2c(Cl)cccc21. The number of aliphatic hydroxyl groups is 1. The number of fused-ring (bicyclic) bond motifs is 1. The molecule has 2 aromatic rings. The number of hydrogen-bond acceptors (Lipinski definition) is 3. The van der Waals surface area contributed by atoms with E-state index >= 15 is 0 Å². The van der Waals surface area contributed by atoms with Crippen LogP contribution in [-0.2, 0) is 6.54 Å². The number of hydrogen-bond donors (Lipinski definition) is 2. The van der Waals surface area contributed by atoms with Gasteiger partial charge >= 0.3 is 0 Å². The van der Waals surface area contributed by atoms with Crippen molar-refractivity contribution in [2.45, 2.75) is 57.1 Å². The number of nitrogens with zero attached hydrogens (tertiary/aromatic N) is 1. The molecule has 148 valence electrons. The summed E-state index contributed by atoms with van der Waals surface area (Å²) in [5.41, 5.74) is 6.79. The number of halogens is 3. The first-order valence-electron chi connectivity index (χ1n) is 9.37. The fraction of sp³-hybridized carbons (Fsp3) is 0.550. The fourth-order valence-electron chi connectivity index (χ4n) is 3.83. The van der Waals surface area contributed by atoms with Gasteiger partial charge in [0.25, 0.3) is 0 Å². The van der Waals surface area contributed by atoms with Gasteiger partial charge in [0.2, 0.25) is 5.92 Å². The van der Waals surface area contributed by atoms with E-state index in [1.165, 1.54) is 0 Å². The molecule has 4 nitrogen and oxygen atoms in total. The van der Waals surface area contributed by atoms with Gasteiger partial charge in [-0.05, 0) is 37.3 Å². The van der Waals surface area contributed by atoms with Crippen LogP contribution < -0.4 is 5.73 Å². The molecule has 27 heavy (non-hydrogen) atoms. The summed E-state index contributed by atoms with van der Waals surface area (Å²) < 4.78 is 28.4. The predicted molar refractivity (Wildman–Crippen MR) is 102 cm³/mol. The van der Waals surface area contributed by atoms with E-state index in [1.807, 2.05) is 6.07 Å². The largest absolute Gasteiger partial charge is 0.390 e. The Hall–Kier alpha value is -1.50. The molecule has 0 saturated heterocycles. The molecule has 0 aliphatic heterocycles. The van der Waals surface area contributed by atoms with Crippen LogP contribution in [0.25, 0.3) is 10.9 Å². The van der Waals surface area contributed by atoms with Crippen molar-refractivity contribution >= 4 is 28.3 Å². The molecule has 1 fully saturated rings. The van der Waals surface area contributed by atoms with Crippen molar-refractivity contribution in [2.75, 3.05) is 6.54 Å². The van der Waals surface area contributed by atoms with Crippen LogP contribution in [0.2, 0.25) is 5.02 Å². The number of alkyl halides is 2. The monoisotopic (exact) mass is 398 g/mol. The van der Waals surface area contributed by atoms with E-state index in [0.717, 1.165) is 5.52 Å². The van der Waals surface area contributed by atoms with E-state index in [1.54, 1.807) is 22.9 Å². The second-order valence-electron chi connectivity index (χ2n) is 7.48. The predicted octanol–water partition coefficient (Wildman–Crippen LogP) is 4.40. The maximum atomic E-state index is 13.3. The third-order valence-electron chi connectivity index (χ3n) is 5.45. The van der Waals surface area contributed by atoms with Gasteiger partial charge in [-0.25, -0.2) is 8.78 Å². The molecule has 1 aromatic carbocycles. The molecule has 0 spiro atoms. The number of nitrogens with two attached hydrogens (primary N) is 1. The molecule has 0 radical (unpaired) electrons. The Kier molecular flexibility index (Phi) is 6.18. The van der Waals surface area contributed by atoms with E-state index in [-0.39, 0.29) is 37.6 Å². The van der Waals surface area contributed by atoms with E-state index in [9.17, 15) is 18.7 Å². The van der Waals surface area contributed by atoms with E-state index in [2.05, 4.69) is 0 Å². The van der Waals surface area contributed by atoms with Crippen molar-refractivity contribution in [1.29, 1.82) is 0 Å². The maximum absolute atomic E-state index is 13.3. The van der Waals surface area contributed by atoms with Gasteiger partial charge in [-0.3, -0.25) is 4.79 Å². The topological polar surface area (TPSA) is 68.2 Å². The number of aromatic nitrogens is 1. The molecule has 1 atom stereocenters. The van der Waals surface area contributed by atoms with Crippen LogP contribution in [0, 0.1) is 5.92 Å². The average Bonchev–Trinajstić information content (AvgIpc) is 3.00. The van der Waals surface area contributed by atoms with Crippen LogP contribution in [0.3, 0.4) is 0 Å². The fourth-order valence-corrected chi connectivity index (χ4v) is 4.10. The Morgan fingerprint density at radius 1 is 1.37 bits per heavy atom. The van der Waals surface area contributed by atoms with Crippen molar-refractivity contribution in [1.82, 2.24) is 4.57 Å². The van der Waals surface area contributed by atoms with Gasteiger partial charge in [-0.2, -0.15) is 0 Å². The van der Waals surface area contributed by atoms with E-state index < -0.39 is 12.0 Å². The van der Waals surface area contributed by atoms with Crippen LogP contribution in [0.1, 0.15) is 48.9 Å². The first-order chi connectivity index (χ1) is 12.8. The summed E-state index contributed by atoms with van der Waals surface area (Å²) in [5.74, 6) is -2.44. The summed E-state index contributed by atoms with van der Waals surface area (Å²) >= 11 is 6.33. The summed E-state index contributed by atoms with van der Waals surface area (Å²) in [6.07, 6.45) is 2.66. The number of carbonyl (C=O) groups is 1. The normalized spacial score (nSPS) is 18.7. The maximum Gasteiger partial charge on any atom is 0.248 e. The van der Waals surface area contributed by atoms with E-state index in [0.29, 0.717) is 41.7 Å². The van der Waals surface area contributed by atoms with Gasteiger partial charge in [0.15, 0.2) is 5.78 Å². The number of carbonyl (C=O) groups excluding carboxylic acids is 1. The summed E-state index contributed by atoms with van der Waals surface area (Å²) in [6, 6.07) is 5.38. The Morgan fingerprint density at radius 2 is 2.07 bits per heavy atom. The lowest BCUT2D eigenvalue weighted by Crippen LogP contribution is -2.25. The first kappa shape index (κ1) is 20.2. The third kappa shape index (κ3) is 4.68. The molecule has 1 aliphatic rings. The molecule has 3 rings (SSSR count). The van der Waals surface area contributed by atoms with Gasteiger partial charge < -0.3 is 15.4 Å². The minimum atomic E-state index is -2.55. The zero-order valence-electron chi connectivity index (χ0n) is 15.1. The summed E-state index contributed by atoms with van der Waals surface area (Å²) in [7, 11) is 0. The molecule has 1 aliphatic carbocycles. The molecule has 0 bridgehead atoms. The Bertz CT molecular complexity index is 812. The highest BCUT2D eigenvalue weighted by atomic mass is 35.5. The Labute approximate surface area is 162 Å². The summed E-state index contributed by atoms with van der Waals surface area (Å²) in [4.78, 5) is 12.8. The summed E-state index contributed by atoms with van der Waals surface area (Å²) in [5, 5.41) is 11.0. The Balaban J connectivity index is 1.76. The molecule has 0 unspecified atom stereocenters. The van der Waals surface area contributed by atoms with Gasteiger partial charge in [-0.15, -0.1) is 0 Å². The lowest BCUT2D eigenvalue weighted by atomic mass is 9.83. The molecular formula is C20H25ClF2N2O2. The molecule has 1 aromatic heterocycles. The first-order valence-corrected chi connectivity index (χ1v) is 9.75. The minimum Gasteiger partial charge on any atom is -0.390 e. The Morgan fingerprint density at radius 3 is 2.74 bits per heavy atom. The highest BCUT2D eigenvalue weighted by Crippen LogP contribution is 2.38. The molecule has 7 heteroatoms. The number of ketones is 1. The van der Waals surface area contributed by atoms with E-state index in [4.69, 9.17) is 17.3 Å². The van der Waals surface area contributed by atoms with Crippen LogP contribution in [0.5, 0.6) is 0 Å². The second-order valence-corrected chi connectivity index (χ2v) is 7.89. The van der Waals surface area contributed by atoms with Gasteiger partial charge in [0.1, 0.15) is 0 Å². The molecule has 1 saturated carbocycles. The van der Waals surface area contributed by atoms with Gasteiger partial charge in [-0.1, -0.05) is 17.7 Å². The quantitative estimate of drug-likeness (QED) is 0.679. The van der Waals surface area contributed by atoms with Crippen LogP contribution in [-0.4, -0.2) is 34.0 Å². The summed E-state index contributed by atoms with van der Waals surface area (Å²) in [6.45, 7) is 0.397. The van der Waals surface area contributed by atoms with Crippen molar-refractivity contribution in [3.05, 3.63) is 35.0 Å². The molecule has 3 N–H and O–H groups in total. The molecule has 0 amide bonds. The number of aliphatic hydroxyl groups excluding tert-OH is 1. The van der Waals surface area contributed by atoms with Crippen molar-refractivity contribution in [3.63, 3.8) is 0 Å². The van der Waals surface area contributed by atoms with Crippen molar-refractivity contribution < 1.29 is 18.7 Å². The van der Waals surface area contributed by atoms with Gasteiger partial charge in [0.05, 0.1) is 16.6 Å². The van der Waals surface area contributed by atoms with Crippen LogP contribution in [0.15, 0.2) is 24.4 Å². The van der Waals surface area contributed by atoms with Crippen molar-refractivity contribution in [2.24, 2.45) is 11.7 Å². The van der Waals surface area contributed by atoms with Crippen LogP contribution in [0.4, 0.5) is 8.78 Å². The third-order valence-corrected chi connectivity index (χ3v) is 5.77. The number of Topliss-reactive ketones (excluding diaryl/α,β-unsaturated/α-hetero) is 1. The zero-order chi connectivity index (χ0) is 19.6. The second kappa shape index (κ2) is 8.25. The average molecular weight is 399 g/mol. The zero-order valence-corrected chi connectivity index (χ0v) is 15.9. The standard InChI is InChI=1S/C20H25ClF2N2O2/c21-16-2-1-3-17-19(16)15(12-25(17)11-14(26)10-24)18(27)5-4-13-6-8-20(22,23)9-7-13/h1-3,12-14,26H,4-11,24H2/t14-/m1/s1. The lowest BCUT2D eigenvalue weighted by Gasteiger charge is -2.27.